The number of ether oxygens (including phenoxy) is 3. The van der Waals surface area contributed by atoms with Crippen LogP contribution >= 0.6 is 11.8 Å². The first kappa shape index (κ1) is 21.1. The number of rotatable bonds is 5. The minimum atomic E-state index is -3.11. The standard InChI is InChI=1S/C22H22N2O6S2/c1-28-16-5-2-14(3-6-16)9-21(25)23-22-24(17-11-32(26,27)12-20(17)31-22)10-15-4-7-18-19(8-15)30-13-29-18/h2-8,17,20H,9-13H2,1H3/t17-,20+/m1/s1. The Hall–Kier alpha value is -2.72. The lowest BCUT2D eigenvalue weighted by Crippen LogP contribution is -2.37. The van der Waals surface area contributed by atoms with Crippen LogP contribution in [0.1, 0.15) is 11.1 Å². The molecule has 0 spiro atoms. The molecule has 3 heterocycles. The highest BCUT2D eigenvalue weighted by molar-refractivity contribution is 8.15. The van der Waals surface area contributed by atoms with Crippen LogP contribution in [0.2, 0.25) is 0 Å². The monoisotopic (exact) mass is 474 g/mol. The summed E-state index contributed by atoms with van der Waals surface area (Å²) in [5.41, 5.74) is 1.78. The Morgan fingerprint density at radius 2 is 1.88 bits per heavy atom. The molecule has 0 saturated carbocycles. The Morgan fingerprint density at radius 1 is 1.12 bits per heavy atom. The molecule has 2 aromatic rings. The van der Waals surface area contributed by atoms with Crippen LogP contribution in [0.4, 0.5) is 0 Å². The summed E-state index contributed by atoms with van der Waals surface area (Å²) in [5, 5.41) is 0.452. The Kier molecular flexibility index (Phi) is 5.50. The van der Waals surface area contributed by atoms with E-state index in [0.717, 1.165) is 16.9 Å². The van der Waals surface area contributed by atoms with Gasteiger partial charge in [-0.1, -0.05) is 30.0 Å². The summed E-state index contributed by atoms with van der Waals surface area (Å²) in [7, 11) is -1.51. The number of methoxy groups -OCH3 is 1. The lowest BCUT2D eigenvalue weighted by molar-refractivity contribution is -0.117. The highest BCUT2D eigenvalue weighted by Gasteiger charge is 2.48. The second-order valence-corrected chi connectivity index (χ2v) is 11.3. The van der Waals surface area contributed by atoms with E-state index in [4.69, 9.17) is 14.2 Å². The number of hydrogen-bond acceptors (Lipinski definition) is 7. The summed E-state index contributed by atoms with van der Waals surface area (Å²) >= 11 is 1.38. The molecule has 168 valence electrons. The van der Waals surface area contributed by atoms with Crippen molar-refractivity contribution < 1.29 is 27.4 Å². The van der Waals surface area contributed by atoms with Crippen molar-refractivity contribution in [1.82, 2.24) is 4.90 Å². The van der Waals surface area contributed by atoms with E-state index in [2.05, 4.69) is 4.99 Å². The predicted molar refractivity (Wildman–Crippen MR) is 121 cm³/mol. The van der Waals surface area contributed by atoms with Crippen molar-refractivity contribution >= 4 is 32.7 Å². The minimum Gasteiger partial charge on any atom is -0.497 e. The van der Waals surface area contributed by atoms with Gasteiger partial charge in [0.2, 0.25) is 6.79 Å². The van der Waals surface area contributed by atoms with Gasteiger partial charge >= 0.3 is 0 Å². The number of hydrogen-bond donors (Lipinski definition) is 0. The molecule has 2 atom stereocenters. The quantitative estimate of drug-likeness (QED) is 0.652. The smallest absolute Gasteiger partial charge is 0.252 e. The highest BCUT2D eigenvalue weighted by Crippen LogP contribution is 2.40. The third-order valence-electron chi connectivity index (χ3n) is 5.70. The van der Waals surface area contributed by atoms with Crippen molar-refractivity contribution in [2.45, 2.75) is 24.3 Å². The van der Waals surface area contributed by atoms with E-state index in [1.807, 2.05) is 35.2 Å². The maximum absolute atomic E-state index is 12.7. The van der Waals surface area contributed by atoms with Gasteiger partial charge in [-0.25, -0.2) is 8.42 Å². The van der Waals surface area contributed by atoms with Crippen LogP contribution in [0.15, 0.2) is 47.5 Å². The van der Waals surface area contributed by atoms with Crippen LogP contribution < -0.4 is 14.2 Å². The first-order valence-corrected chi connectivity index (χ1v) is 12.9. The number of amides is 1. The molecule has 2 saturated heterocycles. The van der Waals surface area contributed by atoms with Crippen LogP contribution in [0, 0.1) is 0 Å². The van der Waals surface area contributed by atoms with Gasteiger partial charge in [-0.3, -0.25) is 4.79 Å². The SMILES string of the molecule is COc1ccc(CC(=O)N=C2S[C@H]3CS(=O)(=O)C[C@H]3N2Cc2ccc3c(c2)OCO3)cc1. The van der Waals surface area contributed by atoms with E-state index in [-0.39, 0.29) is 41.9 Å². The fraction of sp³-hybridized carbons (Fsp3) is 0.364. The van der Waals surface area contributed by atoms with E-state index in [1.165, 1.54) is 11.8 Å². The molecule has 0 N–H and O–H groups in total. The number of amidine groups is 1. The Morgan fingerprint density at radius 3 is 2.66 bits per heavy atom. The Bertz CT molecular complexity index is 1180. The molecule has 5 rings (SSSR count). The van der Waals surface area contributed by atoms with Crippen LogP contribution in [-0.2, 0) is 27.6 Å². The number of aliphatic imine (C=N–C) groups is 1. The third-order valence-corrected chi connectivity index (χ3v) is 8.95. The molecule has 0 unspecified atom stereocenters. The summed E-state index contributed by atoms with van der Waals surface area (Å²) < 4.78 is 40.4. The predicted octanol–water partition coefficient (Wildman–Crippen LogP) is 2.26. The molecular formula is C22H22N2O6S2. The topological polar surface area (TPSA) is 94.5 Å². The van der Waals surface area contributed by atoms with Gasteiger partial charge in [0, 0.05) is 11.8 Å². The average molecular weight is 475 g/mol. The second-order valence-electron chi connectivity index (χ2n) is 7.93. The number of sulfone groups is 1. The molecule has 8 nitrogen and oxygen atoms in total. The fourth-order valence-corrected chi connectivity index (χ4v) is 8.09. The summed E-state index contributed by atoms with van der Waals surface area (Å²) in [6.45, 7) is 0.628. The minimum absolute atomic E-state index is 0.0703. The van der Waals surface area contributed by atoms with Gasteiger partial charge in [0.1, 0.15) is 5.75 Å². The largest absolute Gasteiger partial charge is 0.497 e. The Balaban J connectivity index is 1.37. The van der Waals surface area contributed by atoms with Crippen LogP contribution in [0.5, 0.6) is 17.2 Å². The average Bonchev–Trinajstić information content (AvgIpc) is 3.42. The molecule has 3 aliphatic rings. The van der Waals surface area contributed by atoms with Crippen molar-refractivity contribution in [3.05, 3.63) is 53.6 Å². The number of fused-ring (bicyclic) bond motifs is 2. The molecule has 0 aliphatic carbocycles. The summed E-state index contributed by atoms with van der Waals surface area (Å²) in [6, 6.07) is 12.7. The van der Waals surface area contributed by atoms with Crippen molar-refractivity contribution in [3.63, 3.8) is 0 Å². The van der Waals surface area contributed by atoms with E-state index in [1.54, 1.807) is 19.2 Å². The summed E-state index contributed by atoms with van der Waals surface area (Å²) in [4.78, 5) is 19.0. The molecule has 10 heteroatoms. The van der Waals surface area contributed by atoms with E-state index < -0.39 is 9.84 Å². The molecule has 0 aromatic heterocycles. The van der Waals surface area contributed by atoms with Crippen molar-refractivity contribution in [2.24, 2.45) is 4.99 Å². The normalized spacial score (nSPS) is 24.0. The first-order valence-electron chi connectivity index (χ1n) is 10.2. The van der Waals surface area contributed by atoms with Gasteiger partial charge in [0.05, 0.1) is 31.1 Å². The van der Waals surface area contributed by atoms with Gasteiger partial charge in [0.15, 0.2) is 26.5 Å². The highest BCUT2D eigenvalue weighted by atomic mass is 32.2. The number of benzene rings is 2. The second kappa shape index (κ2) is 8.32. The third kappa shape index (κ3) is 4.29. The van der Waals surface area contributed by atoms with E-state index in [0.29, 0.717) is 23.2 Å². The van der Waals surface area contributed by atoms with Gasteiger partial charge in [-0.15, -0.1) is 0 Å². The zero-order valence-electron chi connectivity index (χ0n) is 17.4. The molecular weight excluding hydrogens is 452 g/mol. The lowest BCUT2D eigenvalue weighted by atomic mass is 10.1. The fourth-order valence-electron chi connectivity index (χ4n) is 4.12. The molecule has 3 aliphatic heterocycles. The number of nitrogens with zero attached hydrogens (tertiary/aromatic N) is 2. The molecule has 2 aromatic carbocycles. The molecule has 0 radical (unpaired) electrons. The van der Waals surface area contributed by atoms with Crippen molar-refractivity contribution in [1.29, 1.82) is 0 Å². The van der Waals surface area contributed by atoms with Crippen molar-refractivity contribution in [3.8, 4) is 17.2 Å². The van der Waals surface area contributed by atoms with E-state index >= 15 is 0 Å². The molecule has 32 heavy (non-hydrogen) atoms. The van der Waals surface area contributed by atoms with Gasteiger partial charge in [-0.05, 0) is 35.4 Å². The molecule has 1 amide bonds. The zero-order valence-corrected chi connectivity index (χ0v) is 19.0. The number of carbonyl (C=O) groups is 1. The maximum Gasteiger partial charge on any atom is 0.252 e. The number of carbonyl (C=O) groups excluding carboxylic acids is 1. The maximum atomic E-state index is 12.7. The summed E-state index contributed by atoms with van der Waals surface area (Å²) in [5.74, 6) is 1.99. The molecule has 0 bridgehead atoms. The first-order chi connectivity index (χ1) is 15.4. The summed E-state index contributed by atoms with van der Waals surface area (Å²) in [6.07, 6.45) is 0.166. The molecule has 2 fully saturated rings. The zero-order chi connectivity index (χ0) is 22.3. The van der Waals surface area contributed by atoms with Gasteiger partial charge in [0.25, 0.3) is 5.91 Å². The van der Waals surface area contributed by atoms with Gasteiger partial charge < -0.3 is 19.1 Å². The van der Waals surface area contributed by atoms with Crippen LogP contribution in [-0.4, -0.2) is 61.1 Å². The van der Waals surface area contributed by atoms with Gasteiger partial charge in [-0.2, -0.15) is 4.99 Å². The number of thioether (sulfide) groups is 1. The van der Waals surface area contributed by atoms with Crippen LogP contribution in [0.3, 0.4) is 0 Å². The lowest BCUT2D eigenvalue weighted by Gasteiger charge is -2.24. The van der Waals surface area contributed by atoms with Crippen molar-refractivity contribution in [2.75, 3.05) is 25.4 Å². The Labute approximate surface area is 190 Å². The van der Waals surface area contributed by atoms with E-state index in [9.17, 15) is 13.2 Å². The van der Waals surface area contributed by atoms with Crippen LogP contribution in [0.25, 0.3) is 0 Å².